The minimum Gasteiger partial charge on any atom is -0.481 e. The fourth-order valence-electron chi connectivity index (χ4n) is 10.1. The number of nitrogens with zero attached hydrogens (tertiary/aromatic N) is 2. The quantitative estimate of drug-likeness (QED) is 0.156. The van der Waals surface area contributed by atoms with E-state index >= 15 is 0 Å². The van der Waals surface area contributed by atoms with Gasteiger partial charge in [-0.3, -0.25) is 19.3 Å². The van der Waals surface area contributed by atoms with Crippen LogP contribution in [0.15, 0.2) is 60.7 Å². The zero-order valence-corrected chi connectivity index (χ0v) is 33.8. The van der Waals surface area contributed by atoms with Crippen LogP contribution in [0.5, 0.6) is 0 Å². The lowest BCUT2D eigenvalue weighted by Crippen LogP contribution is -2.67. The fraction of sp³-hybridized carbons (Fsp3) is 0.682. The molecular formula is C44H68N2O6. The molecule has 8 nitrogen and oxygen atoms in total. The van der Waals surface area contributed by atoms with Crippen molar-refractivity contribution in [2.24, 2.45) is 17.3 Å². The Hall–Kier alpha value is -2.78. The Kier molecular flexibility index (Phi) is 13.5. The van der Waals surface area contributed by atoms with Gasteiger partial charge in [-0.25, -0.2) is 0 Å². The standard InChI is InChI=1S/C44H68N2O6/c1-32(34-22-16-14-17-23-34)51-45-40(3,4)28-36(29-41(45,5)6)44(39(49)50,27-21-13-11-12-20-26-38(47)48)37-30-42(7,8)46(43(9,10)31-37)52-33(2)35-24-18-15-19-25-35/h14-19,22-25,32-33,36-37H,11-13,20-21,26-31H2,1-10H3,(H,47,48)(H,49,50). The van der Waals surface area contributed by atoms with Crippen molar-refractivity contribution >= 4 is 11.9 Å². The Morgan fingerprint density at radius 1 is 0.635 bits per heavy atom. The van der Waals surface area contributed by atoms with Gasteiger partial charge in [-0.05, 0) is 131 Å². The average molecular weight is 721 g/mol. The van der Waals surface area contributed by atoms with E-state index in [0.717, 1.165) is 36.8 Å². The second-order valence-electron chi connectivity index (χ2n) is 18.4. The largest absolute Gasteiger partial charge is 0.481 e. The van der Waals surface area contributed by atoms with E-state index in [1.54, 1.807) is 0 Å². The number of hydroxylamine groups is 4. The summed E-state index contributed by atoms with van der Waals surface area (Å²) in [6.07, 6.45) is 7.37. The molecule has 2 heterocycles. The van der Waals surface area contributed by atoms with E-state index in [1.807, 2.05) is 36.4 Å². The van der Waals surface area contributed by atoms with E-state index < -0.39 is 39.5 Å². The van der Waals surface area contributed by atoms with Gasteiger partial charge in [0.25, 0.3) is 0 Å². The number of hydrogen-bond donors (Lipinski definition) is 2. The highest BCUT2D eigenvalue weighted by atomic mass is 16.7. The van der Waals surface area contributed by atoms with Crippen LogP contribution in [0, 0.1) is 17.3 Å². The number of piperidine rings is 2. The van der Waals surface area contributed by atoms with Crippen LogP contribution in [0.1, 0.15) is 163 Å². The van der Waals surface area contributed by atoms with E-state index in [9.17, 15) is 14.7 Å². The number of carbonyl (C=O) groups is 2. The summed E-state index contributed by atoms with van der Waals surface area (Å²) < 4.78 is 0. The van der Waals surface area contributed by atoms with Gasteiger partial charge < -0.3 is 10.2 Å². The van der Waals surface area contributed by atoms with Gasteiger partial charge in [-0.15, -0.1) is 0 Å². The average Bonchev–Trinajstić information content (AvgIpc) is 3.05. The molecule has 0 saturated carbocycles. The molecule has 2 aliphatic heterocycles. The second kappa shape index (κ2) is 16.7. The zero-order chi connectivity index (χ0) is 38.5. The summed E-state index contributed by atoms with van der Waals surface area (Å²) in [4.78, 5) is 38.9. The van der Waals surface area contributed by atoms with Crippen LogP contribution in [-0.4, -0.2) is 54.4 Å². The maximum absolute atomic E-state index is 14.2. The van der Waals surface area contributed by atoms with Gasteiger partial charge in [0.2, 0.25) is 0 Å². The summed E-state index contributed by atoms with van der Waals surface area (Å²) >= 11 is 0. The van der Waals surface area contributed by atoms with Crippen molar-refractivity contribution in [3.8, 4) is 0 Å². The molecule has 0 amide bonds. The predicted molar refractivity (Wildman–Crippen MR) is 207 cm³/mol. The fourth-order valence-corrected chi connectivity index (χ4v) is 10.1. The van der Waals surface area contributed by atoms with Crippen molar-refractivity contribution in [1.29, 1.82) is 0 Å². The molecule has 0 spiro atoms. The SMILES string of the molecule is CC(ON1C(C)(C)CC(C(CCCCCCCC(=O)O)(C(=O)O)C2CC(C)(C)N(OC(C)c3ccccc3)C(C)(C)C2)CC1(C)C)c1ccccc1. The molecule has 2 aromatic carbocycles. The number of unbranched alkanes of at least 4 members (excludes halogenated alkanes) is 4. The summed E-state index contributed by atoms with van der Waals surface area (Å²) in [5.41, 5.74) is -0.433. The summed E-state index contributed by atoms with van der Waals surface area (Å²) in [5.74, 6) is -1.62. The van der Waals surface area contributed by atoms with Crippen molar-refractivity contribution in [2.75, 3.05) is 0 Å². The monoisotopic (exact) mass is 721 g/mol. The number of hydrogen-bond acceptors (Lipinski definition) is 6. The van der Waals surface area contributed by atoms with Gasteiger partial charge >= 0.3 is 11.9 Å². The predicted octanol–water partition coefficient (Wildman–Crippen LogP) is 10.8. The Bertz CT molecular complexity index is 1330. The maximum Gasteiger partial charge on any atom is 0.310 e. The smallest absolute Gasteiger partial charge is 0.310 e. The molecule has 2 saturated heterocycles. The Balaban J connectivity index is 1.66. The van der Waals surface area contributed by atoms with Crippen molar-refractivity contribution in [1.82, 2.24) is 10.1 Å². The first-order valence-electron chi connectivity index (χ1n) is 19.7. The highest BCUT2D eigenvalue weighted by Crippen LogP contribution is 2.59. The molecule has 8 heteroatoms. The molecule has 2 unspecified atom stereocenters. The topological polar surface area (TPSA) is 99.5 Å². The van der Waals surface area contributed by atoms with E-state index in [0.29, 0.717) is 38.5 Å². The third kappa shape index (κ3) is 9.65. The van der Waals surface area contributed by atoms with Crippen molar-refractivity contribution in [3.63, 3.8) is 0 Å². The van der Waals surface area contributed by atoms with E-state index in [-0.39, 0.29) is 30.5 Å². The molecule has 290 valence electrons. The first kappa shape index (κ1) is 42.0. The Morgan fingerprint density at radius 3 is 1.33 bits per heavy atom. The van der Waals surface area contributed by atoms with Gasteiger partial charge in [0, 0.05) is 28.6 Å². The molecule has 2 atom stereocenters. The van der Waals surface area contributed by atoms with Crippen LogP contribution in [0.3, 0.4) is 0 Å². The third-order valence-corrected chi connectivity index (χ3v) is 12.1. The molecule has 0 bridgehead atoms. The van der Waals surface area contributed by atoms with Crippen molar-refractivity contribution < 1.29 is 29.5 Å². The highest BCUT2D eigenvalue weighted by Gasteiger charge is 2.62. The van der Waals surface area contributed by atoms with Gasteiger partial charge in [0.05, 0.1) is 5.41 Å². The van der Waals surface area contributed by atoms with E-state index in [2.05, 4.69) is 104 Å². The van der Waals surface area contributed by atoms with Gasteiger partial charge in [-0.1, -0.05) is 86.3 Å². The van der Waals surface area contributed by atoms with Crippen LogP contribution >= 0.6 is 0 Å². The van der Waals surface area contributed by atoms with Crippen LogP contribution in [0.2, 0.25) is 0 Å². The molecule has 2 aliphatic rings. The summed E-state index contributed by atoms with van der Waals surface area (Å²) in [7, 11) is 0. The summed E-state index contributed by atoms with van der Waals surface area (Å²) in [5, 5.41) is 25.1. The highest BCUT2D eigenvalue weighted by molar-refractivity contribution is 5.76. The van der Waals surface area contributed by atoms with E-state index in [1.165, 1.54) is 0 Å². The van der Waals surface area contributed by atoms with Crippen molar-refractivity contribution in [2.45, 2.75) is 174 Å². The van der Waals surface area contributed by atoms with Gasteiger partial charge in [0.15, 0.2) is 0 Å². The lowest BCUT2D eigenvalue weighted by molar-refractivity contribution is -0.326. The Morgan fingerprint density at radius 2 is 0.981 bits per heavy atom. The number of carboxylic acids is 2. The van der Waals surface area contributed by atoms with Crippen molar-refractivity contribution in [3.05, 3.63) is 71.8 Å². The molecule has 4 rings (SSSR count). The van der Waals surface area contributed by atoms with Crippen LogP contribution in [0.4, 0.5) is 0 Å². The number of aliphatic carboxylic acids is 2. The molecule has 0 aliphatic carbocycles. The van der Waals surface area contributed by atoms with Crippen LogP contribution in [-0.2, 0) is 19.3 Å². The Labute approximate surface area is 314 Å². The molecule has 52 heavy (non-hydrogen) atoms. The van der Waals surface area contributed by atoms with E-state index in [4.69, 9.17) is 14.8 Å². The first-order valence-corrected chi connectivity index (χ1v) is 19.7. The van der Waals surface area contributed by atoms with Crippen LogP contribution < -0.4 is 0 Å². The lowest BCUT2D eigenvalue weighted by atomic mass is 9.52. The molecule has 2 aromatic rings. The third-order valence-electron chi connectivity index (χ3n) is 12.1. The van der Waals surface area contributed by atoms with Gasteiger partial charge in [0.1, 0.15) is 12.2 Å². The molecular weight excluding hydrogens is 652 g/mol. The zero-order valence-electron chi connectivity index (χ0n) is 33.8. The normalized spacial score (nSPS) is 23.0. The molecule has 0 radical (unpaired) electrons. The first-order chi connectivity index (χ1) is 24.2. The number of carboxylic acid groups (broad SMARTS) is 2. The number of rotatable bonds is 17. The summed E-state index contributed by atoms with van der Waals surface area (Å²) in [6, 6.07) is 20.5. The lowest BCUT2D eigenvalue weighted by Gasteiger charge is -2.62. The molecule has 0 aromatic heterocycles. The number of benzene rings is 2. The minimum atomic E-state index is -0.960. The molecule has 2 fully saturated rings. The molecule has 2 N–H and O–H groups in total. The van der Waals surface area contributed by atoms with Crippen LogP contribution in [0.25, 0.3) is 0 Å². The van der Waals surface area contributed by atoms with Gasteiger partial charge in [-0.2, -0.15) is 10.1 Å². The second-order valence-corrected chi connectivity index (χ2v) is 18.4. The summed E-state index contributed by atoms with van der Waals surface area (Å²) in [6.45, 7) is 21.9. The maximum atomic E-state index is 14.2. The minimum absolute atomic E-state index is 0.0822.